The fraction of sp³-hybridized carbons (Fsp3) is 0.625. The second-order valence-electron chi connectivity index (χ2n) is 6.01. The van der Waals surface area contributed by atoms with Crippen molar-refractivity contribution >= 4 is 0 Å². The van der Waals surface area contributed by atoms with Crippen molar-refractivity contribution in [2.24, 2.45) is 5.92 Å². The number of hydrogen-bond acceptors (Lipinski definition) is 3. The molecule has 1 N–H and O–H groups in total. The van der Waals surface area contributed by atoms with Crippen LogP contribution in [0.2, 0.25) is 0 Å². The van der Waals surface area contributed by atoms with E-state index in [9.17, 15) is 9.50 Å². The largest absolute Gasteiger partial charge is 0.388 e. The Kier molecular flexibility index (Phi) is 3.80. The van der Waals surface area contributed by atoms with Crippen molar-refractivity contribution in [1.29, 1.82) is 0 Å². The van der Waals surface area contributed by atoms with Gasteiger partial charge in [-0.3, -0.25) is 0 Å². The van der Waals surface area contributed by atoms with Gasteiger partial charge in [0.2, 0.25) is 0 Å². The van der Waals surface area contributed by atoms with Gasteiger partial charge in [0.05, 0.1) is 18.3 Å². The maximum Gasteiger partial charge on any atom is 0.131 e. The van der Waals surface area contributed by atoms with Gasteiger partial charge in [-0.2, -0.15) is 0 Å². The van der Waals surface area contributed by atoms with E-state index in [1.807, 2.05) is 0 Å². The highest BCUT2D eigenvalue weighted by Gasteiger charge is 2.43. The van der Waals surface area contributed by atoms with Crippen molar-refractivity contribution in [3.8, 4) is 0 Å². The highest BCUT2D eigenvalue weighted by atomic mass is 19.1. The van der Waals surface area contributed by atoms with Gasteiger partial charge in [-0.1, -0.05) is 18.2 Å². The zero-order valence-electron chi connectivity index (χ0n) is 11.8. The van der Waals surface area contributed by atoms with Gasteiger partial charge in [-0.15, -0.1) is 0 Å². The third kappa shape index (κ3) is 2.48. The summed E-state index contributed by atoms with van der Waals surface area (Å²) in [5.74, 6) is -0.259. The molecule has 4 heteroatoms. The number of hydrogen-bond donors (Lipinski definition) is 1. The summed E-state index contributed by atoms with van der Waals surface area (Å²) in [6, 6.07) is 5.20. The first-order chi connectivity index (χ1) is 9.61. The molecule has 0 amide bonds. The fourth-order valence-corrected chi connectivity index (χ4v) is 3.35. The average molecular weight is 280 g/mol. The Morgan fingerprint density at radius 3 is 3.00 bits per heavy atom. The Balaban J connectivity index is 1.79. The quantitative estimate of drug-likeness (QED) is 0.905. The molecule has 3 unspecified atom stereocenters. The second-order valence-corrected chi connectivity index (χ2v) is 6.01. The molecule has 2 saturated heterocycles. The zero-order chi connectivity index (χ0) is 14.2. The summed E-state index contributed by atoms with van der Waals surface area (Å²) < 4.78 is 25.5. The van der Waals surface area contributed by atoms with Gasteiger partial charge >= 0.3 is 0 Å². The molecule has 0 radical (unpaired) electrons. The minimum Gasteiger partial charge on any atom is -0.388 e. The summed E-state index contributed by atoms with van der Waals surface area (Å²) in [6.07, 6.45) is 1.60. The minimum atomic E-state index is -0.767. The van der Waals surface area contributed by atoms with E-state index in [4.69, 9.17) is 9.47 Å². The molecular weight excluding hydrogens is 259 g/mol. The van der Waals surface area contributed by atoms with Crippen LogP contribution in [-0.4, -0.2) is 30.5 Å². The molecule has 0 aromatic heterocycles. The third-order valence-electron chi connectivity index (χ3n) is 4.59. The number of benzene rings is 1. The topological polar surface area (TPSA) is 38.7 Å². The number of aliphatic hydroxyl groups excluding tert-OH is 1. The van der Waals surface area contributed by atoms with Crippen molar-refractivity contribution in [3.05, 3.63) is 35.1 Å². The predicted octanol–water partition coefficient (Wildman–Crippen LogP) is 2.75. The molecule has 0 bridgehead atoms. The molecule has 2 aliphatic heterocycles. The van der Waals surface area contributed by atoms with Gasteiger partial charge in [0, 0.05) is 25.2 Å². The van der Waals surface area contributed by atoms with E-state index >= 15 is 0 Å². The Morgan fingerprint density at radius 1 is 1.40 bits per heavy atom. The summed E-state index contributed by atoms with van der Waals surface area (Å²) in [6.45, 7) is 3.63. The van der Waals surface area contributed by atoms with Gasteiger partial charge in [-0.05, 0) is 31.2 Å². The van der Waals surface area contributed by atoms with E-state index < -0.39 is 6.10 Å². The average Bonchev–Trinajstić information content (AvgIpc) is 2.89. The molecule has 1 aromatic rings. The summed E-state index contributed by atoms with van der Waals surface area (Å²) >= 11 is 0. The number of aryl methyl sites for hydroxylation is 1. The molecule has 110 valence electrons. The first kappa shape index (κ1) is 14.0. The van der Waals surface area contributed by atoms with E-state index in [0.717, 1.165) is 19.3 Å². The SMILES string of the molecule is Cc1cccc(C(O)C2CCOC3(CCOC3)C2)c1F. The monoisotopic (exact) mass is 280 g/mol. The van der Waals surface area contributed by atoms with Crippen LogP contribution in [0.3, 0.4) is 0 Å². The van der Waals surface area contributed by atoms with Gasteiger partial charge in [-0.25, -0.2) is 4.39 Å². The van der Waals surface area contributed by atoms with Crippen LogP contribution < -0.4 is 0 Å². The molecule has 3 rings (SSSR count). The summed E-state index contributed by atoms with van der Waals surface area (Å²) in [4.78, 5) is 0. The van der Waals surface area contributed by atoms with Crippen LogP contribution in [0.4, 0.5) is 4.39 Å². The molecule has 0 saturated carbocycles. The maximum absolute atomic E-state index is 14.2. The lowest BCUT2D eigenvalue weighted by atomic mass is 9.80. The lowest BCUT2D eigenvalue weighted by Gasteiger charge is -2.39. The van der Waals surface area contributed by atoms with Gasteiger partial charge in [0.1, 0.15) is 5.82 Å². The van der Waals surface area contributed by atoms with Gasteiger partial charge in [0.15, 0.2) is 0 Å². The summed E-state index contributed by atoms with van der Waals surface area (Å²) in [5.41, 5.74) is 0.725. The molecule has 2 fully saturated rings. The Hall–Kier alpha value is -0.970. The molecular formula is C16H21FO3. The van der Waals surface area contributed by atoms with Crippen molar-refractivity contribution in [2.75, 3.05) is 19.8 Å². The molecule has 0 aliphatic carbocycles. The van der Waals surface area contributed by atoms with Crippen LogP contribution in [-0.2, 0) is 9.47 Å². The highest BCUT2D eigenvalue weighted by molar-refractivity contribution is 5.27. The molecule has 2 heterocycles. The van der Waals surface area contributed by atoms with Crippen LogP contribution in [0.5, 0.6) is 0 Å². The van der Waals surface area contributed by atoms with Crippen LogP contribution in [0.25, 0.3) is 0 Å². The first-order valence-corrected chi connectivity index (χ1v) is 7.26. The Labute approximate surface area is 118 Å². The number of rotatable bonds is 2. The van der Waals surface area contributed by atoms with E-state index in [2.05, 4.69) is 0 Å². The fourth-order valence-electron chi connectivity index (χ4n) is 3.35. The van der Waals surface area contributed by atoms with Gasteiger partial charge in [0.25, 0.3) is 0 Å². The smallest absolute Gasteiger partial charge is 0.131 e. The number of halogens is 1. The van der Waals surface area contributed by atoms with E-state index in [0.29, 0.717) is 30.9 Å². The lowest BCUT2D eigenvalue weighted by Crippen LogP contribution is -2.42. The van der Waals surface area contributed by atoms with Crippen LogP contribution >= 0.6 is 0 Å². The lowest BCUT2D eigenvalue weighted by molar-refractivity contribution is -0.117. The number of ether oxygens (including phenoxy) is 2. The molecule has 20 heavy (non-hydrogen) atoms. The van der Waals surface area contributed by atoms with Crippen molar-refractivity contribution in [1.82, 2.24) is 0 Å². The van der Waals surface area contributed by atoms with Crippen molar-refractivity contribution < 1.29 is 19.0 Å². The third-order valence-corrected chi connectivity index (χ3v) is 4.59. The Bertz CT molecular complexity index is 483. The summed E-state index contributed by atoms with van der Waals surface area (Å²) in [7, 11) is 0. The first-order valence-electron chi connectivity index (χ1n) is 7.26. The molecule has 2 aliphatic rings. The van der Waals surface area contributed by atoms with Crippen LogP contribution in [0.1, 0.15) is 36.5 Å². The molecule has 3 nitrogen and oxygen atoms in total. The highest BCUT2D eigenvalue weighted by Crippen LogP contribution is 2.41. The van der Waals surface area contributed by atoms with Gasteiger partial charge < -0.3 is 14.6 Å². The summed E-state index contributed by atoms with van der Waals surface area (Å²) in [5, 5.41) is 10.6. The van der Waals surface area contributed by atoms with E-state index in [1.54, 1.807) is 25.1 Å². The van der Waals surface area contributed by atoms with Crippen LogP contribution in [0.15, 0.2) is 18.2 Å². The minimum absolute atomic E-state index is 0.0294. The normalized spacial score (nSPS) is 31.6. The Morgan fingerprint density at radius 2 is 2.25 bits per heavy atom. The molecule has 3 atom stereocenters. The van der Waals surface area contributed by atoms with Crippen molar-refractivity contribution in [2.45, 2.75) is 37.9 Å². The van der Waals surface area contributed by atoms with Crippen LogP contribution in [0, 0.1) is 18.7 Å². The molecule has 1 spiro atoms. The van der Waals surface area contributed by atoms with E-state index in [1.165, 1.54) is 0 Å². The zero-order valence-corrected chi connectivity index (χ0v) is 11.8. The molecule has 1 aromatic carbocycles. The second kappa shape index (κ2) is 5.43. The standard InChI is InChI=1S/C16H21FO3/c1-11-3-2-4-13(14(11)17)15(18)12-5-7-20-16(9-12)6-8-19-10-16/h2-4,12,15,18H,5-10H2,1H3. The van der Waals surface area contributed by atoms with Crippen molar-refractivity contribution in [3.63, 3.8) is 0 Å². The maximum atomic E-state index is 14.2. The van der Waals surface area contributed by atoms with E-state index in [-0.39, 0.29) is 17.3 Å². The number of aliphatic hydroxyl groups is 1. The predicted molar refractivity (Wildman–Crippen MR) is 72.9 cm³/mol.